The van der Waals surface area contributed by atoms with Crippen molar-refractivity contribution < 1.29 is 9.47 Å². The van der Waals surface area contributed by atoms with Crippen molar-refractivity contribution in [2.45, 2.75) is 37.3 Å². The van der Waals surface area contributed by atoms with E-state index in [0.717, 1.165) is 32.3 Å². The maximum absolute atomic E-state index is 6.17. The number of hydrogen-bond donors (Lipinski definition) is 0. The molecule has 0 fully saturated rings. The van der Waals surface area contributed by atoms with E-state index in [-0.39, 0.29) is 5.92 Å². The molecular weight excluding hydrogens is 524 g/mol. The molecule has 0 saturated carbocycles. The van der Waals surface area contributed by atoms with Gasteiger partial charge in [-0.1, -0.05) is 90.1 Å². The maximum Gasteiger partial charge on any atom is 0.212 e. The SMILES string of the molecule is COc1cccc(/C=N/n2c(SCc3ccc(Br)cc3)nnc2C(C)C)c1OCc1ccccc1. The van der Waals surface area contributed by atoms with Crippen LogP contribution in [0.4, 0.5) is 0 Å². The van der Waals surface area contributed by atoms with Gasteiger partial charge in [0.1, 0.15) is 6.61 Å². The van der Waals surface area contributed by atoms with Crippen LogP contribution in [-0.4, -0.2) is 28.2 Å². The molecule has 4 aromatic rings. The molecule has 180 valence electrons. The second-order valence-electron chi connectivity index (χ2n) is 8.12. The molecule has 0 spiro atoms. The number of benzene rings is 3. The van der Waals surface area contributed by atoms with Crippen molar-refractivity contribution >= 4 is 33.9 Å². The van der Waals surface area contributed by atoms with Gasteiger partial charge in [0.15, 0.2) is 17.3 Å². The first-order valence-corrected chi connectivity index (χ1v) is 13.0. The maximum atomic E-state index is 6.17. The number of thioether (sulfide) groups is 1. The van der Waals surface area contributed by atoms with E-state index >= 15 is 0 Å². The first-order chi connectivity index (χ1) is 17.0. The Hall–Kier alpha value is -3.10. The highest BCUT2D eigenvalue weighted by Crippen LogP contribution is 2.31. The zero-order valence-electron chi connectivity index (χ0n) is 19.9. The molecule has 0 unspecified atom stereocenters. The van der Waals surface area contributed by atoms with Crippen LogP contribution in [0.3, 0.4) is 0 Å². The zero-order valence-corrected chi connectivity index (χ0v) is 22.3. The molecule has 1 heterocycles. The molecular formula is C27H27BrN4O2S. The number of halogens is 1. The Morgan fingerprint density at radius 2 is 1.74 bits per heavy atom. The minimum absolute atomic E-state index is 0.167. The van der Waals surface area contributed by atoms with Crippen LogP contribution in [0, 0.1) is 0 Å². The molecule has 35 heavy (non-hydrogen) atoms. The predicted octanol–water partition coefficient (Wildman–Crippen LogP) is 6.93. The van der Waals surface area contributed by atoms with Gasteiger partial charge in [-0.25, -0.2) is 0 Å². The lowest BCUT2D eigenvalue weighted by molar-refractivity contribution is 0.284. The average Bonchev–Trinajstić information content (AvgIpc) is 3.29. The van der Waals surface area contributed by atoms with Crippen molar-refractivity contribution in [2.75, 3.05) is 7.11 Å². The minimum Gasteiger partial charge on any atom is -0.493 e. The molecule has 3 aromatic carbocycles. The highest BCUT2D eigenvalue weighted by Gasteiger charge is 2.16. The zero-order chi connectivity index (χ0) is 24.6. The Morgan fingerprint density at radius 3 is 2.46 bits per heavy atom. The second kappa shape index (κ2) is 12.0. The second-order valence-corrected chi connectivity index (χ2v) is 9.98. The lowest BCUT2D eigenvalue weighted by Crippen LogP contribution is -2.04. The summed E-state index contributed by atoms with van der Waals surface area (Å²) in [6.07, 6.45) is 1.78. The highest BCUT2D eigenvalue weighted by molar-refractivity contribution is 9.10. The smallest absolute Gasteiger partial charge is 0.212 e. The van der Waals surface area contributed by atoms with Gasteiger partial charge in [0.05, 0.1) is 13.3 Å². The fraction of sp³-hybridized carbons (Fsp3) is 0.222. The summed E-state index contributed by atoms with van der Waals surface area (Å²) in [5.74, 6) is 3.03. The van der Waals surface area contributed by atoms with Crippen LogP contribution in [0.5, 0.6) is 11.5 Å². The standard InChI is InChI=1S/C27H27BrN4O2S/c1-19(2)26-30-31-27(35-18-21-12-14-23(28)15-13-21)32(26)29-16-22-10-7-11-24(33-3)25(22)34-17-20-8-5-4-6-9-20/h4-16,19H,17-18H2,1-3H3/b29-16+. The number of para-hydroxylation sites is 1. The van der Waals surface area contributed by atoms with Gasteiger partial charge in [-0.3, -0.25) is 0 Å². The predicted molar refractivity (Wildman–Crippen MR) is 145 cm³/mol. The third-order valence-corrected chi connectivity index (χ3v) is 6.72. The van der Waals surface area contributed by atoms with Gasteiger partial charge >= 0.3 is 0 Å². The number of hydrogen-bond acceptors (Lipinski definition) is 6. The molecule has 0 aliphatic heterocycles. The summed E-state index contributed by atoms with van der Waals surface area (Å²) in [5.41, 5.74) is 3.09. The molecule has 0 radical (unpaired) electrons. The largest absolute Gasteiger partial charge is 0.493 e. The van der Waals surface area contributed by atoms with Gasteiger partial charge in [-0.2, -0.15) is 9.78 Å². The van der Waals surface area contributed by atoms with Crippen LogP contribution in [0.1, 0.15) is 42.3 Å². The molecule has 0 aliphatic rings. The Kier molecular flexibility index (Phi) is 8.60. The molecule has 0 aliphatic carbocycles. The van der Waals surface area contributed by atoms with Crippen LogP contribution in [0.2, 0.25) is 0 Å². The molecule has 0 atom stereocenters. The summed E-state index contributed by atoms with van der Waals surface area (Å²) in [7, 11) is 1.64. The van der Waals surface area contributed by atoms with Gasteiger partial charge in [-0.15, -0.1) is 10.2 Å². The highest BCUT2D eigenvalue weighted by atomic mass is 79.9. The van der Waals surface area contributed by atoms with Gasteiger partial charge in [0.2, 0.25) is 5.16 Å². The lowest BCUT2D eigenvalue weighted by atomic mass is 10.2. The van der Waals surface area contributed by atoms with E-state index < -0.39 is 0 Å². The van der Waals surface area contributed by atoms with E-state index in [0.29, 0.717) is 18.1 Å². The summed E-state index contributed by atoms with van der Waals surface area (Å²) in [6, 6.07) is 24.1. The number of rotatable bonds is 10. The Balaban J connectivity index is 1.59. The van der Waals surface area contributed by atoms with E-state index in [2.05, 4.69) is 52.1 Å². The molecule has 4 rings (SSSR count). The van der Waals surface area contributed by atoms with Crippen LogP contribution in [0.25, 0.3) is 0 Å². The number of methoxy groups -OCH3 is 1. The lowest BCUT2D eigenvalue weighted by Gasteiger charge is -2.13. The van der Waals surface area contributed by atoms with Crippen molar-refractivity contribution in [1.82, 2.24) is 14.9 Å². The summed E-state index contributed by atoms with van der Waals surface area (Å²) in [4.78, 5) is 0. The van der Waals surface area contributed by atoms with E-state index in [9.17, 15) is 0 Å². The van der Waals surface area contributed by atoms with Gasteiger partial charge < -0.3 is 9.47 Å². The minimum atomic E-state index is 0.167. The monoisotopic (exact) mass is 550 g/mol. The quantitative estimate of drug-likeness (QED) is 0.158. The van der Waals surface area contributed by atoms with Crippen molar-refractivity contribution in [1.29, 1.82) is 0 Å². The van der Waals surface area contributed by atoms with Crippen LogP contribution in [0.15, 0.2) is 87.5 Å². The van der Waals surface area contributed by atoms with Gasteiger partial charge in [0.25, 0.3) is 0 Å². The fourth-order valence-corrected chi connectivity index (χ4v) is 4.48. The van der Waals surface area contributed by atoms with Crippen LogP contribution < -0.4 is 9.47 Å². The summed E-state index contributed by atoms with van der Waals surface area (Å²) >= 11 is 5.09. The third kappa shape index (κ3) is 6.52. The fourth-order valence-electron chi connectivity index (χ4n) is 3.36. The topological polar surface area (TPSA) is 61.5 Å². The first-order valence-electron chi connectivity index (χ1n) is 11.3. The third-order valence-electron chi connectivity index (χ3n) is 5.20. The molecule has 6 nitrogen and oxygen atoms in total. The molecule has 0 saturated heterocycles. The Labute approximate surface area is 218 Å². The van der Waals surface area contributed by atoms with E-state index in [1.165, 1.54) is 5.56 Å². The van der Waals surface area contributed by atoms with Crippen molar-refractivity contribution in [3.63, 3.8) is 0 Å². The first kappa shape index (κ1) is 25.0. The summed E-state index contributed by atoms with van der Waals surface area (Å²) < 4.78 is 14.6. The number of ether oxygens (including phenoxy) is 2. The normalized spacial score (nSPS) is 11.3. The molecule has 8 heteroatoms. The van der Waals surface area contributed by atoms with Crippen molar-refractivity contribution in [2.24, 2.45) is 5.10 Å². The van der Waals surface area contributed by atoms with Crippen LogP contribution in [-0.2, 0) is 12.4 Å². The number of aromatic nitrogens is 3. The Bertz CT molecular complexity index is 1270. The summed E-state index contributed by atoms with van der Waals surface area (Å²) in [5, 5.41) is 14.3. The van der Waals surface area contributed by atoms with Gasteiger partial charge in [0, 0.05) is 21.7 Å². The molecule has 0 bridgehead atoms. The van der Waals surface area contributed by atoms with E-state index in [1.54, 1.807) is 25.1 Å². The average molecular weight is 552 g/mol. The number of nitrogens with zero attached hydrogens (tertiary/aromatic N) is 4. The van der Waals surface area contributed by atoms with E-state index in [4.69, 9.17) is 14.6 Å². The molecule has 0 amide bonds. The van der Waals surface area contributed by atoms with E-state index in [1.807, 2.05) is 65.3 Å². The van der Waals surface area contributed by atoms with Crippen molar-refractivity contribution in [3.8, 4) is 11.5 Å². The Morgan fingerprint density at radius 1 is 0.971 bits per heavy atom. The summed E-state index contributed by atoms with van der Waals surface area (Å²) in [6.45, 7) is 4.60. The van der Waals surface area contributed by atoms with Crippen LogP contribution >= 0.6 is 27.7 Å². The van der Waals surface area contributed by atoms with Crippen molar-refractivity contribution in [3.05, 3.63) is 99.8 Å². The molecule has 0 N–H and O–H groups in total. The molecule has 1 aromatic heterocycles. The van der Waals surface area contributed by atoms with Gasteiger partial charge in [-0.05, 0) is 35.4 Å².